The van der Waals surface area contributed by atoms with Crippen molar-refractivity contribution in [3.8, 4) is 34.4 Å². The largest absolute Gasteiger partial charge is 0.493 e. The number of fused-ring (bicyclic) bond motifs is 1. The molecule has 0 fully saturated rings. The number of para-hydroxylation sites is 2. The van der Waals surface area contributed by atoms with Gasteiger partial charge in [0.1, 0.15) is 18.2 Å². The molecular formula is C26H27ClN2O4. The first-order valence-electron chi connectivity index (χ1n) is 10.6. The first-order chi connectivity index (χ1) is 16.0. The number of imidazole rings is 1. The van der Waals surface area contributed by atoms with Crippen LogP contribution in [-0.2, 0) is 6.54 Å². The molecule has 172 valence electrons. The number of methoxy groups -OCH3 is 3. The standard InChI is InChI=1S/C26H27ClN2O4/c1-16-12-19(13-17(2)24(16)27)33-11-10-29-21-9-7-6-8-20(21)28-26(29)18-14-22(30-3)25(32-5)23(15-18)31-4/h6-9,12-15H,10-11H2,1-5H3. The van der Waals surface area contributed by atoms with Gasteiger partial charge in [-0.3, -0.25) is 0 Å². The highest BCUT2D eigenvalue weighted by molar-refractivity contribution is 6.32. The van der Waals surface area contributed by atoms with Crippen molar-refractivity contribution in [3.63, 3.8) is 0 Å². The van der Waals surface area contributed by atoms with Crippen LogP contribution in [-0.4, -0.2) is 37.5 Å². The molecule has 0 N–H and O–H groups in total. The molecule has 0 aliphatic carbocycles. The van der Waals surface area contributed by atoms with Crippen LogP contribution in [0.5, 0.6) is 23.0 Å². The van der Waals surface area contributed by atoms with Crippen LogP contribution in [0, 0.1) is 13.8 Å². The van der Waals surface area contributed by atoms with Crippen LogP contribution in [0.4, 0.5) is 0 Å². The van der Waals surface area contributed by atoms with E-state index in [0.717, 1.165) is 44.3 Å². The second kappa shape index (κ2) is 9.63. The molecule has 0 aliphatic rings. The van der Waals surface area contributed by atoms with E-state index in [1.165, 1.54) is 0 Å². The Balaban J connectivity index is 1.71. The molecule has 0 spiro atoms. The Morgan fingerprint density at radius 1 is 0.879 bits per heavy atom. The molecule has 6 nitrogen and oxygen atoms in total. The third kappa shape index (κ3) is 4.44. The van der Waals surface area contributed by atoms with Crippen molar-refractivity contribution in [1.29, 1.82) is 0 Å². The lowest BCUT2D eigenvalue weighted by atomic mass is 10.1. The highest BCUT2D eigenvalue weighted by atomic mass is 35.5. The monoisotopic (exact) mass is 466 g/mol. The summed E-state index contributed by atoms with van der Waals surface area (Å²) in [5.41, 5.74) is 4.78. The van der Waals surface area contributed by atoms with Crippen LogP contribution in [0.1, 0.15) is 11.1 Å². The summed E-state index contributed by atoms with van der Waals surface area (Å²) in [6.45, 7) is 5.04. The van der Waals surface area contributed by atoms with E-state index in [4.69, 9.17) is 35.5 Å². The number of nitrogens with zero attached hydrogens (tertiary/aromatic N) is 2. The molecule has 0 bridgehead atoms. The predicted molar refractivity (Wildman–Crippen MR) is 131 cm³/mol. The molecule has 0 saturated carbocycles. The van der Waals surface area contributed by atoms with Gasteiger partial charge in [0.2, 0.25) is 5.75 Å². The molecule has 0 radical (unpaired) electrons. The van der Waals surface area contributed by atoms with Crippen LogP contribution in [0.15, 0.2) is 48.5 Å². The quantitative estimate of drug-likeness (QED) is 0.315. The lowest BCUT2D eigenvalue weighted by molar-refractivity contribution is 0.300. The maximum absolute atomic E-state index is 6.29. The van der Waals surface area contributed by atoms with E-state index < -0.39 is 0 Å². The summed E-state index contributed by atoms with van der Waals surface area (Å²) in [6, 6.07) is 15.8. The normalized spacial score (nSPS) is 11.0. The van der Waals surface area contributed by atoms with Gasteiger partial charge in [-0.15, -0.1) is 0 Å². The molecule has 0 unspecified atom stereocenters. The maximum atomic E-state index is 6.29. The van der Waals surface area contributed by atoms with Crippen LogP contribution in [0.25, 0.3) is 22.4 Å². The number of halogens is 1. The molecule has 0 atom stereocenters. The molecule has 1 aromatic heterocycles. The van der Waals surface area contributed by atoms with Crippen molar-refractivity contribution in [3.05, 3.63) is 64.7 Å². The fourth-order valence-corrected chi connectivity index (χ4v) is 4.09. The zero-order chi connectivity index (χ0) is 23.5. The highest BCUT2D eigenvalue weighted by Crippen LogP contribution is 2.41. The van der Waals surface area contributed by atoms with Crippen molar-refractivity contribution in [1.82, 2.24) is 9.55 Å². The van der Waals surface area contributed by atoms with E-state index in [-0.39, 0.29) is 0 Å². The van der Waals surface area contributed by atoms with Crippen LogP contribution < -0.4 is 18.9 Å². The van der Waals surface area contributed by atoms with Crippen molar-refractivity contribution in [2.45, 2.75) is 20.4 Å². The molecule has 3 aromatic carbocycles. The van der Waals surface area contributed by atoms with Gasteiger partial charge in [0.15, 0.2) is 11.5 Å². The molecule has 4 rings (SSSR count). The summed E-state index contributed by atoms with van der Waals surface area (Å²) in [4.78, 5) is 4.89. The molecule has 4 aromatic rings. The lowest BCUT2D eigenvalue weighted by Gasteiger charge is -2.15. The first kappa shape index (κ1) is 22.8. The summed E-state index contributed by atoms with van der Waals surface area (Å²) in [6.07, 6.45) is 0. The van der Waals surface area contributed by atoms with Crippen molar-refractivity contribution in [2.75, 3.05) is 27.9 Å². The van der Waals surface area contributed by atoms with Crippen molar-refractivity contribution < 1.29 is 18.9 Å². The number of rotatable bonds is 8. The number of aromatic nitrogens is 2. The number of hydrogen-bond donors (Lipinski definition) is 0. The van der Waals surface area contributed by atoms with Crippen LogP contribution in [0.3, 0.4) is 0 Å². The van der Waals surface area contributed by atoms with Crippen LogP contribution in [0.2, 0.25) is 5.02 Å². The van der Waals surface area contributed by atoms with Gasteiger partial charge < -0.3 is 23.5 Å². The number of hydrogen-bond acceptors (Lipinski definition) is 5. The molecule has 0 aliphatic heterocycles. The molecule has 1 heterocycles. The molecule has 33 heavy (non-hydrogen) atoms. The fourth-order valence-electron chi connectivity index (χ4n) is 3.98. The van der Waals surface area contributed by atoms with E-state index in [2.05, 4.69) is 10.6 Å². The van der Waals surface area contributed by atoms with Crippen molar-refractivity contribution in [2.24, 2.45) is 0 Å². The zero-order valence-electron chi connectivity index (χ0n) is 19.4. The van der Waals surface area contributed by atoms with Gasteiger partial charge in [0.25, 0.3) is 0 Å². The minimum absolute atomic E-state index is 0.471. The highest BCUT2D eigenvalue weighted by Gasteiger charge is 2.19. The second-order valence-electron chi connectivity index (χ2n) is 7.71. The van der Waals surface area contributed by atoms with Gasteiger partial charge in [0.05, 0.1) is 38.9 Å². The third-order valence-electron chi connectivity index (χ3n) is 5.57. The summed E-state index contributed by atoms with van der Waals surface area (Å²) in [7, 11) is 4.80. The van der Waals surface area contributed by atoms with Gasteiger partial charge in [-0.2, -0.15) is 0 Å². The Bertz CT molecular complexity index is 1250. The summed E-state index contributed by atoms with van der Waals surface area (Å²) in [5.74, 6) is 3.29. The minimum atomic E-state index is 0.471. The summed E-state index contributed by atoms with van der Waals surface area (Å²) in [5, 5.41) is 0.771. The summed E-state index contributed by atoms with van der Waals surface area (Å²) < 4.78 is 24.8. The van der Waals surface area contributed by atoms with E-state index in [1.54, 1.807) is 21.3 Å². The van der Waals surface area contributed by atoms with E-state index in [1.807, 2.05) is 56.3 Å². The van der Waals surface area contributed by atoms with Crippen LogP contribution >= 0.6 is 11.6 Å². The lowest BCUT2D eigenvalue weighted by Crippen LogP contribution is -2.10. The average molecular weight is 467 g/mol. The molecule has 0 saturated heterocycles. The smallest absolute Gasteiger partial charge is 0.203 e. The van der Waals surface area contributed by atoms with Gasteiger partial charge >= 0.3 is 0 Å². The predicted octanol–water partition coefficient (Wildman–Crippen LogP) is 6.08. The average Bonchev–Trinajstić information content (AvgIpc) is 3.20. The Morgan fingerprint density at radius 2 is 1.52 bits per heavy atom. The Kier molecular flexibility index (Phi) is 6.65. The molecule has 7 heteroatoms. The van der Waals surface area contributed by atoms with Gasteiger partial charge in [0, 0.05) is 10.6 Å². The third-order valence-corrected chi connectivity index (χ3v) is 6.17. The summed E-state index contributed by atoms with van der Waals surface area (Å²) >= 11 is 6.29. The van der Waals surface area contributed by atoms with E-state index >= 15 is 0 Å². The van der Waals surface area contributed by atoms with Gasteiger partial charge in [-0.1, -0.05) is 23.7 Å². The maximum Gasteiger partial charge on any atom is 0.203 e. The Labute approximate surface area is 198 Å². The Hall–Kier alpha value is -3.38. The zero-order valence-corrected chi connectivity index (χ0v) is 20.2. The molecular weight excluding hydrogens is 440 g/mol. The number of benzene rings is 3. The fraction of sp³-hybridized carbons (Fsp3) is 0.269. The van der Waals surface area contributed by atoms with E-state index in [9.17, 15) is 0 Å². The number of ether oxygens (including phenoxy) is 4. The SMILES string of the molecule is COc1cc(-c2nc3ccccc3n2CCOc2cc(C)c(Cl)c(C)c2)cc(OC)c1OC. The number of aryl methyl sites for hydroxylation is 2. The first-order valence-corrected chi connectivity index (χ1v) is 11.0. The Morgan fingerprint density at radius 3 is 2.12 bits per heavy atom. The minimum Gasteiger partial charge on any atom is -0.493 e. The molecule has 0 amide bonds. The van der Waals surface area contributed by atoms with Gasteiger partial charge in [-0.05, 0) is 61.4 Å². The van der Waals surface area contributed by atoms with Gasteiger partial charge in [-0.25, -0.2) is 4.98 Å². The second-order valence-corrected chi connectivity index (χ2v) is 8.09. The van der Waals surface area contributed by atoms with Crippen molar-refractivity contribution >= 4 is 22.6 Å². The topological polar surface area (TPSA) is 54.7 Å². The van der Waals surface area contributed by atoms with E-state index in [0.29, 0.717) is 30.4 Å².